The van der Waals surface area contributed by atoms with Crippen LogP contribution < -0.4 is 10.1 Å². The summed E-state index contributed by atoms with van der Waals surface area (Å²) in [6.07, 6.45) is 6.45. The van der Waals surface area contributed by atoms with Crippen LogP contribution in [0.3, 0.4) is 0 Å². The van der Waals surface area contributed by atoms with Crippen LogP contribution in [-0.4, -0.2) is 16.4 Å². The van der Waals surface area contributed by atoms with E-state index in [1.54, 1.807) is 10.9 Å². The fraction of sp³-hybridized carbons (Fsp3) is 0.214. The van der Waals surface area contributed by atoms with E-state index in [1.165, 1.54) is 5.56 Å². The van der Waals surface area contributed by atoms with Gasteiger partial charge in [0.05, 0.1) is 12.8 Å². The second kappa shape index (κ2) is 4.56. The molecule has 18 heavy (non-hydrogen) atoms. The van der Waals surface area contributed by atoms with Crippen LogP contribution in [0.1, 0.15) is 11.1 Å². The molecule has 0 bridgehead atoms. The van der Waals surface area contributed by atoms with Crippen molar-refractivity contribution in [3.05, 3.63) is 48.3 Å². The lowest BCUT2D eigenvalue weighted by atomic mass is 10.1. The van der Waals surface area contributed by atoms with Gasteiger partial charge in [-0.05, 0) is 12.1 Å². The molecule has 0 spiro atoms. The van der Waals surface area contributed by atoms with Gasteiger partial charge < -0.3 is 10.1 Å². The molecule has 0 amide bonds. The SMILES string of the molecule is C=Cn1cc(CNc2cccc3c2CCO3)cn1. The van der Waals surface area contributed by atoms with Crippen LogP contribution >= 0.6 is 0 Å². The zero-order valence-corrected chi connectivity index (χ0v) is 10.1. The first-order valence-corrected chi connectivity index (χ1v) is 6.01. The van der Waals surface area contributed by atoms with Crippen LogP contribution in [0.15, 0.2) is 37.2 Å². The summed E-state index contributed by atoms with van der Waals surface area (Å²) in [6, 6.07) is 6.12. The van der Waals surface area contributed by atoms with Crippen LogP contribution in [0.2, 0.25) is 0 Å². The molecular weight excluding hydrogens is 226 g/mol. The smallest absolute Gasteiger partial charge is 0.124 e. The van der Waals surface area contributed by atoms with Crippen LogP contribution in [0.25, 0.3) is 6.20 Å². The number of nitrogens with zero attached hydrogens (tertiary/aromatic N) is 2. The van der Waals surface area contributed by atoms with Gasteiger partial charge in [0.25, 0.3) is 0 Å². The van der Waals surface area contributed by atoms with Crippen molar-refractivity contribution in [2.24, 2.45) is 0 Å². The molecule has 0 unspecified atom stereocenters. The highest BCUT2D eigenvalue weighted by Crippen LogP contribution is 2.31. The Labute approximate surface area is 106 Å². The van der Waals surface area contributed by atoms with Gasteiger partial charge in [-0.2, -0.15) is 5.10 Å². The number of benzene rings is 1. The molecule has 0 fully saturated rings. The molecule has 2 aromatic rings. The van der Waals surface area contributed by atoms with E-state index in [9.17, 15) is 0 Å². The van der Waals surface area contributed by atoms with Crippen LogP contribution in [-0.2, 0) is 13.0 Å². The van der Waals surface area contributed by atoms with Crippen LogP contribution in [0, 0.1) is 0 Å². The lowest BCUT2D eigenvalue weighted by molar-refractivity contribution is 0.357. The zero-order chi connectivity index (χ0) is 12.4. The summed E-state index contributed by atoms with van der Waals surface area (Å²) >= 11 is 0. The van der Waals surface area contributed by atoms with Gasteiger partial charge in [0.1, 0.15) is 5.75 Å². The summed E-state index contributed by atoms with van der Waals surface area (Å²) in [5, 5.41) is 7.58. The Hall–Kier alpha value is -2.23. The van der Waals surface area contributed by atoms with Crippen molar-refractivity contribution in [2.45, 2.75) is 13.0 Å². The average molecular weight is 241 g/mol. The van der Waals surface area contributed by atoms with Gasteiger partial charge in [0, 0.05) is 42.2 Å². The van der Waals surface area contributed by atoms with E-state index in [1.807, 2.05) is 24.5 Å². The monoisotopic (exact) mass is 241 g/mol. The van der Waals surface area contributed by atoms with Gasteiger partial charge >= 0.3 is 0 Å². The highest BCUT2D eigenvalue weighted by atomic mass is 16.5. The molecule has 1 aliphatic rings. The third kappa shape index (κ3) is 1.97. The Morgan fingerprint density at radius 3 is 3.28 bits per heavy atom. The third-order valence-electron chi connectivity index (χ3n) is 3.07. The maximum Gasteiger partial charge on any atom is 0.124 e. The van der Waals surface area contributed by atoms with Crippen molar-refractivity contribution in [3.8, 4) is 5.75 Å². The Bertz CT molecular complexity index is 574. The molecule has 0 radical (unpaired) electrons. The molecular formula is C14H15N3O. The summed E-state index contributed by atoms with van der Waals surface area (Å²) in [7, 11) is 0. The van der Waals surface area contributed by atoms with Gasteiger partial charge in [-0.3, -0.25) is 0 Å². The molecule has 0 atom stereocenters. The summed E-state index contributed by atoms with van der Waals surface area (Å²) in [5.74, 6) is 1.00. The maximum atomic E-state index is 5.54. The van der Waals surface area contributed by atoms with E-state index in [0.717, 1.165) is 36.6 Å². The second-order valence-electron chi connectivity index (χ2n) is 4.25. The lowest BCUT2D eigenvalue weighted by Gasteiger charge is -2.08. The van der Waals surface area contributed by atoms with Crippen molar-refractivity contribution < 1.29 is 4.74 Å². The first kappa shape index (κ1) is 10.9. The number of hydrogen-bond donors (Lipinski definition) is 1. The zero-order valence-electron chi connectivity index (χ0n) is 10.1. The molecule has 3 rings (SSSR count). The van der Waals surface area contributed by atoms with Gasteiger partial charge in [-0.25, -0.2) is 4.68 Å². The Kier molecular flexibility index (Phi) is 2.76. The lowest BCUT2D eigenvalue weighted by Crippen LogP contribution is -2.00. The topological polar surface area (TPSA) is 39.1 Å². The van der Waals surface area contributed by atoms with Gasteiger partial charge in [0.2, 0.25) is 0 Å². The molecule has 4 heteroatoms. The van der Waals surface area contributed by atoms with Crippen LogP contribution in [0.4, 0.5) is 5.69 Å². The van der Waals surface area contributed by atoms with E-state index < -0.39 is 0 Å². The largest absolute Gasteiger partial charge is 0.493 e. The van der Waals surface area contributed by atoms with E-state index in [-0.39, 0.29) is 0 Å². The minimum Gasteiger partial charge on any atom is -0.493 e. The van der Waals surface area contributed by atoms with Crippen molar-refractivity contribution in [3.63, 3.8) is 0 Å². The number of nitrogens with one attached hydrogen (secondary N) is 1. The molecule has 0 saturated carbocycles. The highest BCUT2D eigenvalue weighted by molar-refractivity contribution is 5.59. The summed E-state index contributed by atoms with van der Waals surface area (Å²) in [6.45, 7) is 5.21. The Morgan fingerprint density at radius 1 is 1.50 bits per heavy atom. The fourth-order valence-corrected chi connectivity index (χ4v) is 2.15. The first-order chi connectivity index (χ1) is 8.86. The first-order valence-electron chi connectivity index (χ1n) is 6.01. The van der Waals surface area contributed by atoms with Gasteiger partial charge in [-0.15, -0.1) is 0 Å². The average Bonchev–Trinajstić information content (AvgIpc) is 3.05. The number of anilines is 1. The Balaban J connectivity index is 1.73. The summed E-state index contributed by atoms with van der Waals surface area (Å²) in [4.78, 5) is 0. The van der Waals surface area contributed by atoms with Crippen molar-refractivity contribution in [2.75, 3.05) is 11.9 Å². The molecule has 0 aliphatic carbocycles. The van der Waals surface area contributed by atoms with Crippen LogP contribution in [0.5, 0.6) is 5.75 Å². The molecule has 1 N–H and O–H groups in total. The molecule has 1 aromatic carbocycles. The molecule has 1 aromatic heterocycles. The summed E-state index contributed by atoms with van der Waals surface area (Å²) < 4.78 is 7.25. The molecule has 1 aliphatic heterocycles. The predicted octanol–water partition coefficient (Wildman–Crippen LogP) is 2.53. The quantitative estimate of drug-likeness (QED) is 0.894. The molecule has 4 nitrogen and oxygen atoms in total. The van der Waals surface area contributed by atoms with Gasteiger partial charge in [-0.1, -0.05) is 12.6 Å². The fourth-order valence-electron chi connectivity index (χ4n) is 2.15. The number of ether oxygens (including phenoxy) is 1. The van der Waals surface area contributed by atoms with Gasteiger partial charge in [0.15, 0.2) is 0 Å². The summed E-state index contributed by atoms with van der Waals surface area (Å²) in [5.41, 5.74) is 3.55. The predicted molar refractivity (Wildman–Crippen MR) is 71.6 cm³/mol. The third-order valence-corrected chi connectivity index (χ3v) is 3.07. The second-order valence-corrected chi connectivity index (χ2v) is 4.25. The number of rotatable bonds is 4. The Morgan fingerprint density at radius 2 is 2.44 bits per heavy atom. The molecule has 2 heterocycles. The number of fused-ring (bicyclic) bond motifs is 1. The minimum atomic E-state index is 0.754. The van der Waals surface area contributed by atoms with E-state index in [4.69, 9.17) is 4.74 Å². The van der Waals surface area contributed by atoms with E-state index in [0.29, 0.717) is 0 Å². The highest BCUT2D eigenvalue weighted by Gasteiger charge is 2.15. The molecule has 92 valence electrons. The van der Waals surface area contributed by atoms with Crippen molar-refractivity contribution >= 4 is 11.9 Å². The normalized spacial score (nSPS) is 12.9. The number of aromatic nitrogens is 2. The van der Waals surface area contributed by atoms with Crippen molar-refractivity contribution in [1.29, 1.82) is 0 Å². The molecule has 0 saturated heterocycles. The van der Waals surface area contributed by atoms with Crippen molar-refractivity contribution in [1.82, 2.24) is 9.78 Å². The standard InChI is InChI=1S/C14H15N3O/c1-2-17-10-11(9-16-17)8-15-13-4-3-5-14-12(13)6-7-18-14/h2-5,9-10,15H,1,6-8H2. The minimum absolute atomic E-state index is 0.754. The van der Waals surface area contributed by atoms with E-state index in [2.05, 4.69) is 23.1 Å². The number of hydrogen-bond acceptors (Lipinski definition) is 3. The van der Waals surface area contributed by atoms with E-state index >= 15 is 0 Å². The maximum absolute atomic E-state index is 5.54.